The number of anilines is 1. The Bertz CT molecular complexity index is 759. The molecule has 5 nitrogen and oxygen atoms in total. The van der Waals surface area contributed by atoms with Crippen LogP contribution in [-0.2, 0) is 17.6 Å². The quantitative estimate of drug-likeness (QED) is 0.616. The maximum absolute atomic E-state index is 12.8. The van der Waals surface area contributed by atoms with E-state index in [4.69, 9.17) is 0 Å². The minimum Gasteiger partial charge on any atom is -0.356 e. The molecule has 0 aromatic heterocycles. The lowest BCUT2D eigenvalue weighted by atomic mass is 10.1. The molecule has 0 heterocycles. The van der Waals surface area contributed by atoms with Gasteiger partial charge in [0.25, 0.3) is 0 Å². The third kappa shape index (κ3) is 7.60. The summed E-state index contributed by atoms with van der Waals surface area (Å²) in [6.07, 6.45) is 2.89. The number of benzene rings is 2. The first-order valence-electron chi connectivity index (χ1n) is 10.5. The molecule has 1 unspecified atom stereocenters. The van der Waals surface area contributed by atoms with Gasteiger partial charge < -0.3 is 15.5 Å². The molecule has 0 saturated carbocycles. The van der Waals surface area contributed by atoms with E-state index in [0.29, 0.717) is 19.5 Å². The van der Waals surface area contributed by atoms with Crippen molar-refractivity contribution in [3.8, 4) is 0 Å². The Kier molecular flexibility index (Phi) is 9.22. The van der Waals surface area contributed by atoms with E-state index < -0.39 is 0 Å². The van der Waals surface area contributed by atoms with Crippen LogP contribution in [0.4, 0.5) is 10.5 Å². The average Bonchev–Trinajstić information content (AvgIpc) is 2.75. The summed E-state index contributed by atoms with van der Waals surface area (Å²) < 4.78 is 0. The third-order valence-electron chi connectivity index (χ3n) is 5.16. The summed E-state index contributed by atoms with van der Waals surface area (Å²) in [6, 6.07) is 17.8. The third-order valence-corrected chi connectivity index (χ3v) is 5.16. The predicted molar refractivity (Wildman–Crippen MR) is 119 cm³/mol. The highest BCUT2D eigenvalue weighted by Gasteiger charge is 2.20. The van der Waals surface area contributed by atoms with Crippen molar-refractivity contribution in [1.29, 1.82) is 0 Å². The van der Waals surface area contributed by atoms with E-state index in [0.717, 1.165) is 24.9 Å². The maximum atomic E-state index is 12.8. The van der Waals surface area contributed by atoms with E-state index in [2.05, 4.69) is 17.6 Å². The zero-order chi connectivity index (χ0) is 21.1. The van der Waals surface area contributed by atoms with Gasteiger partial charge in [0.1, 0.15) is 0 Å². The van der Waals surface area contributed by atoms with Crippen molar-refractivity contribution < 1.29 is 9.59 Å². The van der Waals surface area contributed by atoms with Crippen LogP contribution in [0.1, 0.15) is 44.7 Å². The van der Waals surface area contributed by atoms with Crippen LogP contribution in [0.15, 0.2) is 54.6 Å². The molecule has 0 aliphatic carbocycles. The number of aryl methyl sites for hydroxylation is 1. The summed E-state index contributed by atoms with van der Waals surface area (Å²) in [6.45, 7) is 7.14. The van der Waals surface area contributed by atoms with Crippen molar-refractivity contribution in [2.75, 3.05) is 18.4 Å². The van der Waals surface area contributed by atoms with Gasteiger partial charge >= 0.3 is 6.03 Å². The Hall–Kier alpha value is -2.82. The normalized spacial score (nSPS) is 11.6. The minimum atomic E-state index is -0.166. The topological polar surface area (TPSA) is 61.4 Å². The number of carbonyl (C=O) groups is 2. The smallest absolute Gasteiger partial charge is 0.322 e. The lowest BCUT2D eigenvalue weighted by Gasteiger charge is -2.28. The SMILES string of the molecule is CCc1ccc(NC(=O)N(CCC(=O)NCCc2ccccc2)C(C)CC)cc1. The second-order valence-corrected chi connectivity index (χ2v) is 7.27. The molecule has 0 saturated heterocycles. The van der Waals surface area contributed by atoms with Crippen molar-refractivity contribution in [2.45, 2.75) is 52.5 Å². The largest absolute Gasteiger partial charge is 0.356 e. The highest BCUT2D eigenvalue weighted by atomic mass is 16.2. The molecule has 2 aromatic rings. The summed E-state index contributed by atoms with van der Waals surface area (Å²) in [7, 11) is 0. The lowest BCUT2D eigenvalue weighted by molar-refractivity contribution is -0.121. The summed E-state index contributed by atoms with van der Waals surface area (Å²) in [5.74, 6) is -0.0330. The van der Waals surface area contributed by atoms with Gasteiger partial charge in [-0.25, -0.2) is 4.79 Å². The molecule has 29 heavy (non-hydrogen) atoms. The van der Waals surface area contributed by atoms with E-state index in [1.807, 2.05) is 68.4 Å². The molecule has 0 aliphatic heterocycles. The number of amides is 3. The fourth-order valence-corrected chi connectivity index (χ4v) is 3.06. The molecular weight excluding hydrogens is 362 g/mol. The maximum Gasteiger partial charge on any atom is 0.322 e. The van der Waals surface area contributed by atoms with Gasteiger partial charge in [0.05, 0.1) is 0 Å². The molecule has 0 fully saturated rings. The predicted octanol–water partition coefficient (Wildman–Crippen LogP) is 4.63. The van der Waals surface area contributed by atoms with E-state index in [1.165, 1.54) is 11.1 Å². The zero-order valence-corrected chi connectivity index (χ0v) is 17.8. The summed E-state index contributed by atoms with van der Waals surface area (Å²) in [5, 5.41) is 5.90. The number of nitrogens with one attached hydrogen (secondary N) is 2. The van der Waals surface area contributed by atoms with Crippen LogP contribution >= 0.6 is 0 Å². The number of hydrogen-bond donors (Lipinski definition) is 2. The van der Waals surface area contributed by atoms with Crippen LogP contribution in [0.5, 0.6) is 0 Å². The molecule has 0 spiro atoms. The second kappa shape index (κ2) is 11.9. The molecule has 1 atom stereocenters. The first-order valence-corrected chi connectivity index (χ1v) is 10.5. The molecule has 2 rings (SSSR count). The fourth-order valence-electron chi connectivity index (χ4n) is 3.06. The molecule has 0 radical (unpaired) electrons. The Morgan fingerprint density at radius 3 is 2.28 bits per heavy atom. The van der Waals surface area contributed by atoms with Gasteiger partial charge in [-0.2, -0.15) is 0 Å². The Balaban J connectivity index is 1.83. The number of hydrogen-bond acceptors (Lipinski definition) is 2. The highest BCUT2D eigenvalue weighted by molar-refractivity contribution is 5.90. The van der Waals surface area contributed by atoms with E-state index in [1.54, 1.807) is 4.90 Å². The van der Waals surface area contributed by atoms with E-state index >= 15 is 0 Å². The van der Waals surface area contributed by atoms with Crippen LogP contribution in [0.25, 0.3) is 0 Å². The zero-order valence-electron chi connectivity index (χ0n) is 17.8. The molecule has 0 bridgehead atoms. The lowest BCUT2D eigenvalue weighted by Crippen LogP contribution is -2.43. The van der Waals surface area contributed by atoms with Crippen LogP contribution < -0.4 is 10.6 Å². The van der Waals surface area contributed by atoms with Crippen LogP contribution in [0, 0.1) is 0 Å². The molecular formula is C24H33N3O2. The fraction of sp³-hybridized carbons (Fsp3) is 0.417. The number of carbonyl (C=O) groups excluding carboxylic acids is 2. The first-order chi connectivity index (χ1) is 14.0. The molecule has 2 aromatic carbocycles. The molecule has 156 valence electrons. The second-order valence-electron chi connectivity index (χ2n) is 7.27. The van der Waals surface area contributed by atoms with Crippen LogP contribution in [0.2, 0.25) is 0 Å². The van der Waals surface area contributed by atoms with Crippen molar-refractivity contribution >= 4 is 17.6 Å². The number of rotatable bonds is 10. The molecule has 0 aliphatic rings. The van der Waals surface area contributed by atoms with E-state index in [9.17, 15) is 9.59 Å². The van der Waals surface area contributed by atoms with Gasteiger partial charge in [-0.1, -0.05) is 56.3 Å². The van der Waals surface area contributed by atoms with Crippen LogP contribution in [-0.4, -0.2) is 36.0 Å². The number of nitrogens with zero attached hydrogens (tertiary/aromatic N) is 1. The van der Waals surface area contributed by atoms with Gasteiger partial charge in [0.15, 0.2) is 0 Å². The van der Waals surface area contributed by atoms with Gasteiger partial charge in [-0.05, 0) is 49.4 Å². The standard InChI is InChI=1S/C24H33N3O2/c1-4-19(3)27(24(29)26-22-13-11-20(5-2)12-14-22)18-16-23(28)25-17-15-21-9-7-6-8-10-21/h6-14,19H,4-5,15-18H2,1-3H3,(H,25,28)(H,26,29). The summed E-state index contributed by atoms with van der Waals surface area (Å²) in [5.41, 5.74) is 3.20. The molecule has 3 amide bonds. The van der Waals surface area contributed by atoms with Crippen LogP contribution in [0.3, 0.4) is 0 Å². The Morgan fingerprint density at radius 2 is 1.66 bits per heavy atom. The van der Waals surface area contributed by atoms with Gasteiger partial charge in [-0.3, -0.25) is 4.79 Å². The molecule has 5 heteroatoms. The van der Waals surface area contributed by atoms with Crippen molar-refractivity contribution in [2.24, 2.45) is 0 Å². The minimum absolute atomic E-state index is 0.0330. The summed E-state index contributed by atoms with van der Waals surface area (Å²) >= 11 is 0. The average molecular weight is 396 g/mol. The van der Waals surface area contributed by atoms with Crippen molar-refractivity contribution in [1.82, 2.24) is 10.2 Å². The Morgan fingerprint density at radius 1 is 0.966 bits per heavy atom. The van der Waals surface area contributed by atoms with Gasteiger partial charge in [0.2, 0.25) is 5.91 Å². The van der Waals surface area contributed by atoms with Gasteiger partial charge in [-0.15, -0.1) is 0 Å². The monoisotopic (exact) mass is 395 g/mol. The highest BCUT2D eigenvalue weighted by Crippen LogP contribution is 2.13. The molecule has 2 N–H and O–H groups in total. The Labute approximate surface area is 174 Å². The van der Waals surface area contributed by atoms with E-state index in [-0.39, 0.29) is 18.0 Å². The van der Waals surface area contributed by atoms with Gasteiger partial charge in [0, 0.05) is 31.2 Å². The first kappa shape index (κ1) is 22.5. The van der Waals surface area contributed by atoms with Crippen molar-refractivity contribution in [3.05, 3.63) is 65.7 Å². The number of urea groups is 1. The summed E-state index contributed by atoms with van der Waals surface area (Å²) in [4.78, 5) is 26.7. The van der Waals surface area contributed by atoms with Crippen molar-refractivity contribution in [3.63, 3.8) is 0 Å².